The second kappa shape index (κ2) is 56.7. The number of aromatic hydroxyl groups is 2. The van der Waals surface area contributed by atoms with Crippen molar-refractivity contribution in [3.8, 4) is 68.8 Å². The van der Waals surface area contributed by atoms with Crippen LogP contribution in [0.2, 0.25) is 0 Å². The number of nitrogen functional groups attached to an aromatic ring is 1. The molecule has 7 aromatic carbocycles. The minimum Gasteiger partial charge on any atom is -0.508 e. The Morgan fingerprint density at radius 1 is 0.470 bits per heavy atom. The number of H-pyrrole nitrogens is 2. The first-order valence-electron chi connectivity index (χ1n) is 43.2. The molecule has 3 saturated heterocycles. The predicted octanol–water partition coefficient (Wildman–Crippen LogP) is 19.1. The van der Waals surface area contributed by atoms with E-state index < -0.39 is 18.4 Å². The van der Waals surface area contributed by atoms with Crippen LogP contribution in [0.3, 0.4) is 0 Å². The zero-order valence-electron chi connectivity index (χ0n) is 76.7. The highest BCUT2D eigenvalue weighted by Crippen LogP contribution is 2.44. The van der Waals surface area contributed by atoms with E-state index in [1.54, 1.807) is 39.5 Å². The number of aromatic amines is 2. The Labute approximate surface area is 790 Å². The van der Waals surface area contributed by atoms with Gasteiger partial charge >= 0.3 is 6.18 Å². The van der Waals surface area contributed by atoms with E-state index in [-0.39, 0.29) is 109 Å². The summed E-state index contributed by atoms with van der Waals surface area (Å²) in [5.74, 6) is 10.5. The molecule has 0 saturated carbocycles. The van der Waals surface area contributed by atoms with Crippen molar-refractivity contribution in [2.24, 2.45) is 11.8 Å². The number of carbonyl (C=O) groups excluding carboxylic acids is 3. The molecule has 724 valence electrons. The minimum atomic E-state index is -4.64. The number of methoxy groups -OCH3 is 6. The van der Waals surface area contributed by atoms with Crippen molar-refractivity contribution < 1.29 is 94.6 Å². The molecule has 35 heteroatoms. The molecule has 2 aromatic heterocycles. The van der Waals surface area contributed by atoms with E-state index in [0.717, 1.165) is 148 Å². The van der Waals surface area contributed by atoms with Gasteiger partial charge in [-0.15, -0.1) is 0 Å². The Balaban J connectivity index is 0.000000268. The molecule has 3 aliphatic rings. The molecule has 0 atom stereocenters. The van der Waals surface area contributed by atoms with Crippen molar-refractivity contribution in [1.29, 1.82) is 0 Å². The van der Waals surface area contributed by atoms with Crippen LogP contribution in [0.15, 0.2) is 140 Å². The number of halogens is 3. The lowest BCUT2D eigenvalue weighted by Crippen LogP contribution is -2.35. The summed E-state index contributed by atoms with van der Waals surface area (Å²) in [4.78, 5) is 42.1. The molecule has 0 spiro atoms. The summed E-state index contributed by atoms with van der Waals surface area (Å²) in [6, 6.07) is 46.3. The quantitative estimate of drug-likeness (QED) is 0.00472. The van der Waals surface area contributed by atoms with Gasteiger partial charge < -0.3 is 72.4 Å². The van der Waals surface area contributed by atoms with Crippen LogP contribution < -0.4 is 45.0 Å². The lowest BCUT2D eigenvalue weighted by Gasteiger charge is -2.33. The normalized spacial score (nSPS) is 13.9. The van der Waals surface area contributed by atoms with E-state index in [1.165, 1.54) is 44.1 Å². The molecule has 132 heavy (non-hydrogen) atoms. The maximum Gasteiger partial charge on any atom is 0.446 e. The predicted molar refractivity (Wildman–Crippen MR) is 514 cm³/mol. The van der Waals surface area contributed by atoms with E-state index in [0.29, 0.717) is 73.3 Å². The summed E-state index contributed by atoms with van der Waals surface area (Å²) in [7, 11) is 9.34. The highest BCUT2D eigenvalue weighted by molar-refractivity contribution is 7.80. The Morgan fingerprint density at radius 3 is 1.14 bits per heavy atom. The first kappa shape index (κ1) is 110. The Morgan fingerprint density at radius 2 is 0.788 bits per heavy atom. The number of piperidine rings is 3. The first-order chi connectivity index (χ1) is 62.5. The molecule has 0 bridgehead atoms. The third-order valence-electron chi connectivity index (χ3n) is 21.9. The fourth-order valence-corrected chi connectivity index (χ4v) is 16.1. The highest BCUT2D eigenvalue weighted by Gasteiger charge is 2.32. The first-order valence-corrected chi connectivity index (χ1v) is 44.5. The molecular formula is C97H135F3N12O17S3. The number of nitrogens with zero attached hydrogens (tertiary/aromatic N) is 7. The summed E-state index contributed by atoms with van der Waals surface area (Å²) in [5, 5.41) is 38.7. The van der Waals surface area contributed by atoms with E-state index >= 15 is 0 Å². The second-order valence-electron chi connectivity index (χ2n) is 32.7. The number of phenolic OH excluding ortho intramolecular Hbond substituents is 2. The van der Waals surface area contributed by atoms with Crippen molar-refractivity contribution in [3.05, 3.63) is 199 Å². The molecule has 5 heterocycles. The van der Waals surface area contributed by atoms with Gasteiger partial charge in [0.25, 0.3) is 11.8 Å². The van der Waals surface area contributed by atoms with Gasteiger partial charge in [0.1, 0.15) is 46.0 Å². The Bertz CT molecular complexity index is 5100. The molecule has 2 amide bonds. The van der Waals surface area contributed by atoms with Gasteiger partial charge in [0, 0.05) is 136 Å². The summed E-state index contributed by atoms with van der Waals surface area (Å²) >= 11 is 16.9. The van der Waals surface area contributed by atoms with E-state index in [2.05, 4.69) is 155 Å². The number of alkyl halides is 3. The third kappa shape index (κ3) is 33.7. The average Bonchev–Trinajstić information content (AvgIpc) is 1.60. The number of aromatic nitrogens is 6. The van der Waals surface area contributed by atoms with Crippen LogP contribution in [0.4, 0.5) is 13.2 Å². The monoisotopic (exact) mass is 1890 g/mol. The number of ether oxygens (including phenoxy) is 12. The Hall–Kier alpha value is -10.3. The molecule has 3 aliphatic heterocycles. The fraction of sp³-hybridized carbons (Fsp3) is 0.485. The number of nitrogens with one attached hydrogen (secondary N) is 4. The smallest absolute Gasteiger partial charge is 0.446 e. The van der Waals surface area contributed by atoms with E-state index in [1.807, 2.05) is 70.4 Å². The van der Waals surface area contributed by atoms with Crippen molar-refractivity contribution >= 4 is 59.6 Å². The maximum atomic E-state index is 13.2. The van der Waals surface area contributed by atoms with Crippen LogP contribution in [0, 0.1) is 15.5 Å². The number of carbonyl (C=O) groups is 3. The zero-order valence-corrected chi connectivity index (χ0v) is 79.2. The van der Waals surface area contributed by atoms with Gasteiger partial charge in [0.05, 0.1) is 22.3 Å². The van der Waals surface area contributed by atoms with Crippen molar-refractivity contribution in [2.45, 2.75) is 177 Å². The maximum absolute atomic E-state index is 13.2. The molecule has 29 nitrogen and oxygen atoms in total. The number of benzene rings is 7. The Kier molecular flexibility index (Phi) is 47.5. The highest BCUT2D eigenvalue weighted by atomic mass is 32.1. The molecule has 0 radical (unpaired) electrons. The average molecular weight is 1890 g/mol. The van der Waals surface area contributed by atoms with Crippen molar-refractivity contribution in [2.75, 3.05) is 129 Å². The van der Waals surface area contributed by atoms with Gasteiger partial charge in [-0.25, -0.2) is 5.84 Å². The van der Waals surface area contributed by atoms with Crippen LogP contribution in [-0.2, 0) is 52.8 Å². The van der Waals surface area contributed by atoms with E-state index in [9.17, 15) is 33.0 Å². The number of nitrogens with two attached hydrogens (primary N) is 1. The summed E-state index contributed by atoms with van der Waals surface area (Å²) in [6.45, 7) is 26.3. The van der Waals surface area contributed by atoms with E-state index in [4.69, 9.17) is 104 Å². The van der Waals surface area contributed by atoms with Crippen LogP contribution in [0.5, 0.6) is 46.0 Å². The SMILES string of the molecule is C.C.CC(C)c1cc(-c2n[nH]c(=S)n2C2CCN(Cc3ccccc3)CC2)c(O)cc1O.COCOc1cc(OCOC)c(C(C)C)cc1-c1n[nH]c(=S)n1C1CCN(Cc2ccccc2)CC1.COCOc1cc(OCOC)c(C(C)C)cc1C(=O)NCC(=S)CC1CCN(Cc2ccccc2)CC1.COCOc1cc(OCOC)c(C(C)C)cc1C(=O)NN.O=CC(F)(F)F. The number of hydrogen-bond donors (Lipinski definition) is 7. The number of rotatable bonds is 38. The number of aldehydes is 1. The van der Waals surface area contributed by atoms with Gasteiger partial charge in [-0.3, -0.25) is 53.8 Å². The van der Waals surface area contributed by atoms with Gasteiger partial charge in [-0.2, -0.15) is 23.4 Å². The molecule has 12 rings (SSSR count). The molecule has 0 aliphatic carbocycles. The lowest BCUT2D eigenvalue weighted by molar-refractivity contribution is -0.156. The number of hydrazine groups is 1. The van der Waals surface area contributed by atoms with Crippen LogP contribution >= 0.6 is 36.7 Å². The summed E-state index contributed by atoms with van der Waals surface area (Å²) < 4.78 is 101. The summed E-state index contributed by atoms with van der Waals surface area (Å²) in [5.41, 5.74) is 11.9. The molecular weight excluding hydrogens is 1760 g/mol. The summed E-state index contributed by atoms with van der Waals surface area (Å²) in [6.07, 6.45) is 1.30. The molecule has 9 aromatic rings. The van der Waals surface area contributed by atoms with Crippen LogP contribution in [0.25, 0.3) is 22.8 Å². The van der Waals surface area contributed by atoms with Crippen LogP contribution in [-0.4, -0.2) is 213 Å². The fourth-order valence-electron chi connectivity index (χ4n) is 15.3. The number of phenols is 2. The molecule has 0 unspecified atom stereocenters. The van der Waals surface area contributed by atoms with Gasteiger partial charge in [-0.1, -0.05) is 173 Å². The minimum absolute atomic E-state index is 0. The van der Waals surface area contributed by atoms with Gasteiger partial charge in [-0.05, 0) is 175 Å². The third-order valence-corrected chi connectivity index (χ3v) is 22.8. The number of hydrogen-bond acceptors (Lipinski definition) is 26. The number of thiocarbonyl (C=S) groups is 1. The largest absolute Gasteiger partial charge is 0.508 e. The van der Waals surface area contributed by atoms with Gasteiger partial charge in [0.2, 0.25) is 6.29 Å². The van der Waals surface area contributed by atoms with Crippen LogP contribution in [0.1, 0.15) is 211 Å². The topological polar surface area (TPSA) is 329 Å². The standard InChI is InChI=1S/C29H40N2O5S.C27H36N4O4S.C23H28N4O2S.C14H22N2O5.C2HF3O.2CH4/c1-21(2)25-15-26(28(36-20-34-4)16-27(25)35-19-33-3)29(32)30-17-24(37)14-22-10-12-31(13-11-22)18-23-8-6-5-7-9-23;1-19(2)22-14-23(25(35-18-33-4)15-24(22)34-17-32-3)26-28-29-27(36)31(26)21-10-12-30(13-11-21)16-20-8-6-5-7-9-20;1-15(2)18-12-19(21(29)13-20(18)28)22-24-25-23(30)27(22)17-8-10-26(11-9-17)14-16-6-4-3-5-7-16;1-9(2)10-5-11(14(17)16-15)13(21-8-19-4)6-12(10)20-7-18-3;3-2(4,5)1-6;;/h5-9,15-16,21-22H,10-14,17-20H2,1-4H3,(H,30,32);5-9,14-15,19,21H,10-13,16-18H2,1-4H3,(H,29,36);3-7,12-13,15,17,28-29H,8-11,14H2,1-2H3,(H,25,30);5-6,9H,7-8,15H2,1-4H3,(H,16,17);1H;2*1H4. The number of likely N-dealkylation sites (tertiary alicyclic amines) is 3. The zero-order chi connectivity index (χ0) is 94.4. The molecule has 3 fully saturated rings. The number of amides is 2. The molecule has 8 N–H and O–H groups in total. The van der Waals surface area contributed by atoms with Gasteiger partial charge in [0.15, 0.2) is 61.9 Å². The van der Waals surface area contributed by atoms with Crippen molar-refractivity contribution in [3.63, 3.8) is 0 Å². The second-order valence-corrected chi connectivity index (χ2v) is 34.1. The lowest BCUT2D eigenvalue weighted by atomic mass is 9.92. The van der Waals surface area contributed by atoms with Crippen molar-refractivity contribution in [1.82, 2.24) is 55.0 Å².